The fraction of sp³-hybridized carbons (Fsp3) is 0.308. The molecule has 0 spiro atoms. The number of hydrogen-bond donors (Lipinski definition) is 1. The molecule has 0 radical (unpaired) electrons. The molecule has 0 aliphatic heterocycles. The molecular formula is C13H15NO2. The van der Waals surface area contributed by atoms with Gasteiger partial charge in [-0.05, 0) is 23.9 Å². The van der Waals surface area contributed by atoms with Gasteiger partial charge in [0.2, 0.25) is 5.88 Å². The third kappa shape index (κ3) is 1.99. The van der Waals surface area contributed by atoms with Crippen molar-refractivity contribution in [3.8, 4) is 5.88 Å². The largest absolute Gasteiger partial charge is 0.481 e. The van der Waals surface area contributed by atoms with Gasteiger partial charge in [0, 0.05) is 18.0 Å². The number of methoxy groups -OCH3 is 1. The van der Waals surface area contributed by atoms with Gasteiger partial charge in [-0.2, -0.15) is 0 Å². The standard InChI is InChI=1S/C13H15NO2/c1-9(15)7-10-8-14-13(16-2)12-6-4-3-5-11(10)12/h3-6,8-9,15H,7H2,1-2H3. The second kappa shape index (κ2) is 4.49. The van der Waals surface area contributed by atoms with Crippen LogP contribution < -0.4 is 4.74 Å². The molecule has 3 nitrogen and oxygen atoms in total. The maximum Gasteiger partial charge on any atom is 0.221 e. The third-order valence-corrected chi connectivity index (χ3v) is 2.55. The first-order valence-electron chi connectivity index (χ1n) is 5.31. The number of aliphatic hydroxyl groups excluding tert-OH is 1. The van der Waals surface area contributed by atoms with E-state index in [1.807, 2.05) is 24.3 Å². The highest BCUT2D eigenvalue weighted by atomic mass is 16.5. The van der Waals surface area contributed by atoms with Crippen LogP contribution in [0, 0.1) is 0 Å². The van der Waals surface area contributed by atoms with Gasteiger partial charge in [0.25, 0.3) is 0 Å². The van der Waals surface area contributed by atoms with Crippen LogP contribution in [0.3, 0.4) is 0 Å². The van der Waals surface area contributed by atoms with Crippen LogP contribution in [0.2, 0.25) is 0 Å². The molecule has 0 fully saturated rings. The number of aromatic nitrogens is 1. The molecule has 3 heteroatoms. The van der Waals surface area contributed by atoms with Crippen LogP contribution in [0.4, 0.5) is 0 Å². The molecule has 1 aromatic heterocycles. The Balaban J connectivity index is 2.60. The van der Waals surface area contributed by atoms with Crippen molar-refractivity contribution in [3.05, 3.63) is 36.0 Å². The SMILES string of the molecule is COc1ncc(CC(C)O)c2ccccc12. The highest BCUT2D eigenvalue weighted by Crippen LogP contribution is 2.26. The molecule has 2 rings (SSSR count). The van der Waals surface area contributed by atoms with Gasteiger partial charge in [-0.15, -0.1) is 0 Å². The Kier molecular flexibility index (Phi) is 3.06. The van der Waals surface area contributed by atoms with Crippen LogP contribution in [0.5, 0.6) is 5.88 Å². The molecule has 84 valence electrons. The Morgan fingerprint density at radius 2 is 2.00 bits per heavy atom. The summed E-state index contributed by atoms with van der Waals surface area (Å²) >= 11 is 0. The average Bonchev–Trinajstić information content (AvgIpc) is 2.29. The highest BCUT2D eigenvalue weighted by Gasteiger charge is 2.08. The minimum atomic E-state index is -0.362. The maximum atomic E-state index is 9.43. The molecule has 0 saturated carbocycles. The fourth-order valence-corrected chi connectivity index (χ4v) is 1.87. The molecular weight excluding hydrogens is 202 g/mol. The quantitative estimate of drug-likeness (QED) is 0.856. The molecule has 0 aliphatic carbocycles. The fourth-order valence-electron chi connectivity index (χ4n) is 1.87. The number of ether oxygens (including phenoxy) is 1. The van der Waals surface area contributed by atoms with Crippen molar-refractivity contribution in [1.29, 1.82) is 0 Å². The van der Waals surface area contributed by atoms with Crippen LogP contribution in [0.1, 0.15) is 12.5 Å². The van der Waals surface area contributed by atoms with E-state index in [2.05, 4.69) is 4.98 Å². The van der Waals surface area contributed by atoms with Crippen molar-refractivity contribution in [2.45, 2.75) is 19.4 Å². The summed E-state index contributed by atoms with van der Waals surface area (Å²) in [6, 6.07) is 7.94. The van der Waals surface area contributed by atoms with Crippen LogP contribution in [0.15, 0.2) is 30.5 Å². The molecule has 1 unspecified atom stereocenters. The highest BCUT2D eigenvalue weighted by molar-refractivity contribution is 5.89. The van der Waals surface area contributed by atoms with Crippen molar-refractivity contribution in [2.75, 3.05) is 7.11 Å². The predicted octanol–water partition coefficient (Wildman–Crippen LogP) is 2.17. The number of nitrogens with zero attached hydrogens (tertiary/aromatic N) is 1. The summed E-state index contributed by atoms with van der Waals surface area (Å²) in [6.07, 6.45) is 2.02. The monoisotopic (exact) mass is 217 g/mol. The summed E-state index contributed by atoms with van der Waals surface area (Å²) in [5, 5.41) is 11.5. The molecule has 2 aromatic rings. The topological polar surface area (TPSA) is 42.4 Å². The average molecular weight is 217 g/mol. The van der Waals surface area contributed by atoms with E-state index in [1.54, 1.807) is 20.2 Å². The second-order valence-corrected chi connectivity index (χ2v) is 3.89. The summed E-state index contributed by atoms with van der Waals surface area (Å²) in [5.74, 6) is 0.630. The van der Waals surface area contributed by atoms with Crippen LogP contribution >= 0.6 is 0 Å². The maximum absolute atomic E-state index is 9.43. The van der Waals surface area contributed by atoms with E-state index < -0.39 is 0 Å². The lowest BCUT2D eigenvalue weighted by atomic mass is 10.0. The Morgan fingerprint density at radius 1 is 1.31 bits per heavy atom. The van der Waals surface area contributed by atoms with Crippen molar-refractivity contribution < 1.29 is 9.84 Å². The zero-order chi connectivity index (χ0) is 11.5. The number of hydrogen-bond acceptors (Lipinski definition) is 3. The minimum Gasteiger partial charge on any atom is -0.481 e. The van der Waals surface area contributed by atoms with E-state index in [9.17, 15) is 5.11 Å². The molecule has 1 heterocycles. The van der Waals surface area contributed by atoms with Gasteiger partial charge in [0.1, 0.15) is 0 Å². The van der Waals surface area contributed by atoms with Gasteiger partial charge in [0.05, 0.1) is 13.2 Å². The van der Waals surface area contributed by atoms with Gasteiger partial charge >= 0.3 is 0 Å². The number of rotatable bonds is 3. The Labute approximate surface area is 94.7 Å². The smallest absolute Gasteiger partial charge is 0.221 e. The lowest BCUT2D eigenvalue weighted by Crippen LogP contribution is -2.05. The van der Waals surface area contributed by atoms with Gasteiger partial charge in [-0.25, -0.2) is 4.98 Å². The molecule has 1 aromatic carbocycles. The molecule has 0 bridgehead atoms. The Hall–Kier alpha value is -1.61. The normalized spacial score (nSPS) is 12.7. The minimum absolute atomic E-state index is 0.362. The van der Waals surface area contributed by atoms with Crippen molar-refractivity contribution in [3.63, 3.8) is 0 Å². The first-order valence-corrected chi connectivity index (χ1v) is 5.31. The van der Waals surface area contributed by atoms with Crippen LogP contribution in [0.25, 0.3) is 10.8 Å². The van der Waals surface area contributed by atoms with E-state index in [0.29, 0.717) is 12.3 Å². The molecule has 1 N–H and O–H groups in total. The molecule has 1 atom stereocenters. The van der Waals surface area contributed by atoms with Gasteiger partial charge in [-0.3, -0.25) is 0 Å². The molecule has 0 amide bonds. The van der Waals surface area contributed by atoms with Gasteiger partial charge in [-0.1, -0.05) is 18.2 Å². The van der Waals surface area contributed by atoms with Gasteiger partial charge < -0.3 is 9.84 Å². The zero-order valence-electron chi connectivity index (χ0n) is 9.47. The summed E-state index contributed by atoms with van der Waals surface area (Å²) in [5.41, 5.74) is 1.05. The molecule has 0 saturated heterocycles. The number of pyridine rings is 1. The first-order chi connectivity index (χ1) is 7.72. The zero-order valence-corrected chi connectivity index (χ0v) is 9.47. The van der Waals surface area contributed by atoms with E-state index in [4.69, 9.17) is 4.74 Å². The van der Waals surface area contributed by atoms with Crippen molar-refractivity contribution in [2.24, 2.45) is 0 Å². The molecule has 16 heavy (non-hydrogen) atoms. The summed E-state index contributed by atoms with van der Waals surface area (Å²) in [7, 11) is 1.61. The summed E-state index contributed by atoms with van der Waals surface area (Å²) < 4.78 is 5.21. The van der Waals surface area contributed by atoms with E-state index in [-0.39, 0.29) is 6.10 Å². The van der Waals surface area contributed by atoms with Crippen molar-refractivity contribution in [1.82, 2.24) is 4.98 Å². The van der Waals surface area contributed by atoms with Crippen molar-refractivity contribution >= 4 is 10.8 Å². The number of benzene rings is 1. The Morgan fingerprint density at radius 3 is 2.62 bits per heavy atom. The summed E-state index contributed by atoms with van der Waals surface area (Å²) in [4.78, 5) is 4.25. The third-order valence-electron chi connectivity index (χ3n) is 2.55. The Bertz CT molecular complexity index is 494. The number of fused-ring (bicyclic) bond motifs is 1. The second-order valence-electron chi connectivity index (χ2n) is 3.89. The summed E-state index contributed by atoms with van der Waals surface area (Å²) in [6.45, 7) is 1.78. The van der Waals surface area contributed by atoms with E-state index in [1.165, 1.54) is 0 Å². The van der Waals surface area contributed by atoms with Gasteiger partial charge in [0.15, 0.2) is 0 Å². The lowest BCUT2D eigenvalue weighted by molar-refractivity contribution is 0.195. The number of aliphatic hydroxyl groups is 1. The van der Waals surface area contributed by atoms with E-state index in [0.717, 1.165) is 16.3 Å². The first kappa shape index (κ1) is 10.9. The van der Waals surface area contributed by atoms with E-state index >= 15 is 0 Å². The predicted molar refractivity (Wildman–Crippen MR) is 63.7 cm³/mol. The molecule has 0 aliphatic rings. The van der Waals surface area contributed by atoms with Crippen LogP contribution in [-0.4, -0.2) is 23.3 Å². The lowest BCUT2D eigenvalue weighted by Gasteiger charge is -2.10. The van der Waals surface area contributed by atoms with Crippen LogP contribution in [-0.2, 0) is 6.42 Å².